The van der Waals surface area contributed by atoms with Gasteiger partial charge in [0.25, 0.3) is 0 Å². The zero-order valence-electron chi connectivity index (χ0n) is 19.2. The molecular formula is C24H21ClN6O4S2. The molecule has 1 saturated heterocycles. The molecular weight excluding hydrogens is 536 g/mol. The van der Waals surface area contributed by atoms with Gasteiger partial charge in [-0.15, -0.1) is 16.4 Å². The van der Waals surface area contributed by atoms with Crippen LogP contribution in [0.1, 0.15) is 17.3 Å². The number of nitrogens with zero attached hydrogens (tertiary/aromatic N) is 6. The Morgan fingerprint density at radius 1 is 1.27 bits per heavy atom. The van der Waals surface area contributed by atoms with Crippen molar-refractivity contribution < 1.29 is 19.7 Å². The molecule has 190 valence electrons. The summed E-state index contributed by atoms with van der Waals surface area (Å²) < 4.78 is 14.0. The molecule has 0 saturated carbocycles. The van der Waals surface area contributed by atoms with Gasteiger partial charge < -0.3 is 19.7 Å². The van der Waals surface area contributed by atoms with Crippen molar-refractivity contribution in [2.45, 2.75) is 41.3 Å². The maximum atomic E-state index is 11.3. The minimum atomic E-state index is -1.17. The number of aliphatic hydroxyl groups is 2. The minimum Gasteiger partial charge on any atom is -0.394 e. The van der Waals surface area contributed by atoms with Gasteiger partial charge in [-0.2, -0.15) is 5.26 Å². The zero-order valence-corrected chi connectivity index (χ0v) is 21.6. The van der Waals surface area contributed by atoms with Crippen molar-refractivity contribution in [3.05, 3.63) is 76.6 Å². The van der Waals surface area contributed by atoms with E-state index in [9.17, 15) is 15.5 Å². The van der Waals surface area contributed by atoms with Gasteiger partial charge in [0.15, 0.2) is 5.69 Å². The van der Waals surface area contributed by atoms with Crippen LogP contribution in [0.3, 0.4) is 0 Å². The molecule has 4 heterocycles. The second-order valence-corrected chi connectivity index (χ2v) is 10.6. The number of rotatable bonds is 8. The third-order valence-corrected chi connectivity index (χ3v) is 7.92. The number of hydrogen-bond acceptors (Lipinski definition) is 11. The van der Waals surface area contributed by atoms with E-state index in [1.165, 1.54) is 34.0 Å². The van der Waals surface area contributed by atoms with Gasteiger partial charge in [0.1, 0.15) is 46.6 Å². The second-order valence-electron chi connectivity index (χ2n) is 8.12. The van der Waals surface area contributed by atoms with E-state index in [0.29, 0.717) is 20.6 Å². The highest BCUT2D eigenvalue weighted by atomic mass is 35.5. The highest BCUT2D eigenvalue weighted by Crippen LogP contribution is 2.41. The second kappa shape index (κ2) is 11.7. The van der Waals surface area contributed by atoms with Gasteiger partial charge in [0.2, 0.25) is 0 Å². The number of hydrogen-bond donors (Lipinski definition) is 2. The molecule has 5 rings (SSSR count). The Hall–Kier alpha value is -2.89. The number of aliphatic hydroxyl groups excluding tert-OH is 2. The summed E-state index contributed by atoms with van der Waals surface area (Å²) in [6.07, 6.45) is 1.89. The predicted molar refractivity (Wildman–Crippen MR) is 137 cm³/mol. The molecule has 0 spiro atoms. The van der Waals surface area contributed by atoms with Crippen LogP contribution in [0.15, 0.2) is 65.3 Å². The minimum absolute atomic E-state index is 0.176. The average molecular weight is 557 g/mol. The molecule has 0 aliphatic carbocycles. The fourth-order valence-electron chi connectivity index (χ4n) is 3.99. The van der Waals surface area contributed by atoms with Gasteiger partial charge in [-0.05, 0) is 11.6 Å². The van der Waals surface area contributed by atoms with Crippen molar-refractivity contribution >= 4 is 34.7 Å². The highest BCUT2D eigenvalue weighted by Gasteiger charge is 2.48. The topological polar surface area (TPSA) is 139 Å². The highest BCUT2D eigenvalue weighted by molar-refractivity contribution is 7.99. The molecule has 0 radical (unpaired) electrons. The predicted octanol–water partition coefficient (Wildman–Crippen LogP) is 3.32. The van der Waals surface area contributed by atoms with Crippen LogP contribution >= 0.6 is 34.7 Å². The number of halogens is 1. The van der Waals surface area contributed by atoms with E-state index < -0.39 is 36.4 Å². The Bertz CT molecular complexity index is 1370. The molecule has 0 bridgehead atoms. The largest absolute Gasteiger partial charge is 0.394 e. The van der Waals surface area contributed by atoms with Crippen LogP contribution in [0.5, 0.6) is 0 Å². The lowest BCUT2D eigenvalue weighted by Gasteiger charge is -2.43. The van der Waals surface area contributed by atoms with Gasteiger partial charge >= 0.3 is 0 Å². The first kappa shape index (κ1) is 25.7. The summed E-state index contributed by atoms with van der Waals surface area (Å²) in [6.45, 7) is -0.209. The standard InChI is InChI=1S/C24H21ClN6O4S2/c25-15-8-19(16(9-26)28-10-15)37-24-22(34-13-14-4-2-1-3-5-14)20(21(33)18(12-32)35-24)31-11-17(29-30-31)23-27-6-7-36-23/h1-8,10-11,18,20-22,24,32-33H,12-13H2/t18?,20?,21-,22?,24+/m0/s1. The summed E-state index contributed by atoms with van der Waals surface area (Å²) in [6, 6.07) is 12.5. The van der Waals surface area contributed by atoms with Crippen LogP contribution < -0.4 is 0 Å². The molecule has 1 aliphatic rings. The first-order valence-electron chi connectivity index (χ1n) is 11.2. The van der Waals surface area contributed by atoms with Gasteiger partial charge in [0, 0.05) is 22.7 Å². The quantitative estimate of drug-likeness (QED) is 0.332. The molecule has 5 atom stereocenters. The van der Waals surface area contributed by atoms with Crippen molar-refractivity contribution in [1.82, 2.24) is 25.0 Å². The van der Waals surface area contributed by atoms with E-state index in [1.54, 1.807) is 18.5 Å². The van der Waals surface area contributed by atoms with Crippen molar-refractivity contribution in [2.75, 3.05) is 6.61 Å². The molecule has 13 heteroatoms. The molecule has 10 nitrogen and oxygen atoms in total. The number of pyridine rings is 1. The molecule has 3 unspecified atom stereocenters. The average Bonchev–Trinajstić information content (AvgIpc) is 3.62. The third-order valence-electron chi connectivity index (χ3n) is 5.75. The summed E-state index contributed by atoms with van der Waals surface area (Å²) in [5, 5.41) is 42.2. The Kier molecular flexibility index (Phi) is 8.11. The summed E-state index contributed by atoms with van der Waals surface area (Å²) >= 11 is 8.76. The van der Waals surface area contributed by atoms with Gasteiger partial charge in [0.05, 0.1) is 24.4 Å². The monoisotopic (exact) mass is 556 g/mol. The summed E-state index contributed by atoms with van der Waals surface area (Å²) in [5.74, 6) is 0. The first-order chi connectivity index (χ1) is 18.1. The van der Waals surface area contributed by atoms with Crippen LogP contribution in [0.25, 0.3) is 10.7 Å². The van der Waals surface area contributed by atoms with Crippen molar-refractivity contribution in [3.8, 4) is 16.8 Å². The number of ether oxygens (including phenoxy) is 2. The fraction of sp³-hybridized carbons (Fsp3) is 0.292. The number of thioether (sulfide) groups is 1. The van der Waals surface area contributed by atoms with E-state index in [-0.39, 0.29) is 12.3 Å². The Morgan fingerprint density at radius 2 is 2.11 bits per heavy atom. The molecule has 3 aromatic heterocycles. The van der Waals surface area contributed by atoms with Gasteiger partial charge in [-0.3, -0.25) is 0 Å². The van der Waals surface area contributed by atoms with E-state index in [0.717, 1.165) is 5.56 Å². The zero-order chi connectivity index (χ0) is 25.8. The lowest BCUT2D eigenvalue weighted by atomic mass is 9.97. The maximum absolute atomic E-state index is 11.3. The lowest BCUT2D eigenvalue weighted by Crippen LogP contribution is -2.55. The third kappa shape index (κ3) is 5.68. The maximum Gasteiger partial charge on any atom is 0.154 e. The molecule has 2 N–H and O–H groups in total. The van der Waals surface area contributed by atoms with Crippen molar-refractivity contribution in [2.24, 2.45) is 0 Å². The Labute approximate surface area is 225 Å². The van der Waals surface area contributed by atoms with Crippen molar-refractivity contribution in [3.63, 3.8) is 0 Å². The smallest absolute Gasteiger partial charge is 0.154 e. The normalized spacial score (nSPS) is 23.6. The first-order valence-corrected chi connectivity index (χ1v) is 13.3. The Morgan fingerprint density at radius 3 is 2.84 bits per heavy atom. The van der Waals surface area contributed by atoms with Crippen LogP contribution in [0.2, 0.25) is 5.02 Å². The molecule has 1 aromatic carbocycles. The van der Waals surface area contributed by atoms with Gasteiger partial charge in [-0.1, -0.05) is 58.9 Å². The van der Waals surface area contributed by atoms with E-state index in [4.69, 9.17) is 21.1 Å². The van der Waals surface area contributed by atoms with Crippen LogP contribution in [-0.4, -0.2) is 65.5 Å². The SMILES string of the molecule is N#Cc1ncc(Cl)cc1S[C@H]1OC(CO)[C@H](O)C(n2cc(-c3nccs3)nn2)C1OCc1ccccc1. The van der Waals surface area contributed by atoms with Crippen LogP contribution in [0, 0.1) is 11.3 Å². The van der Waals surface area contributed by atoms with E-state index in [1.807, 2.05) is 35.7 Å². The molecule has 0 amide bonds. The number of benzene rings is 1. The van der Waals surface area contributed by atoms with Gasteiger partial charge in [-0.25, -0.2) is 14.6 Å². The summed E-state index contributed by atoms with van der Waals surface area (Å²) in [4.78, 5) is 8.87. The number of nitriles is 1. The fourth-order valence-corrected chi connectivity index (χ4v) is 6.03. The lowest BCUT2D eigenvalue weighted by molar-refractivity contribution is -0.196. The molecule has 37 heavy (non-hydrogen) atoms. The van der Waals surface area contributed by atoms with E-state index in [2.05, 4.69) is 26.3 Å². The molecule has 1 aliphatic heterocycles. The Balaban J connectivity index is 1.52. The number of aromatic nitrogens is 5. The number of thiazole rings is 1. The van der Waals surface area contributed by atoms with Crippen LogP contribution in [0.4, 0.5) is 0 Å². The summed E-state index contributed by atoms with van der Waals surface area (Å²) in [7, 11) is 0. The van der Waals surface area contributed by atoms with Crippen LogP contribution in [-0.2, 0) is 16.1 Å². The van der Waals surface area contributed by atoms with Crippen molar-refractivity contribution in [1.29, 1.82) is 5.26 Å². The van der Waals surface area contributed by atoms with E-state index >= 15 is 0 Å². The molecule has 4 aromatic rings. The summed E-state index contributed by atoms with van der Waals surface area (Å²) in [5.41, 5.74) is 0.892. The molecule has 1 fully saturated rings.